The molecule has 0 aliphatic carbocycles. The molecule has 0 fully saturated rings. The standard InChI is InChI=1S/C11H14Br2O3S/c1-17(15,16)6-2-3-11(14)9-7-8(12)4-5-10(9)13/h4-5,7,11,14H,2-3,6H2,1H3. The fourth-order valence-corrected chi connectivity index (χ4v) is 3.05. The van der Waals surface area contributed by atoms with Crippen LogP contribution in [0.2, 0.25) is 0 Å². The van der Waals surface area contributed by atoms with E-state index in [0.717, 1.165) is 14.5 Å². The second-order valence-corrected chi connectivity index (χ2v) is 7.98. The van der Waals surface area contributed by atoms with E-state index >= 15 is 0 Å². The topological polar surface area (TPSA) is 54.4 Å². The zero-order chi connectivity index (χ0) is 13.1. The molecule has 1 rings (SSSR count). The zero-order valence-corrected chi connectivity index (χ0v) is 13.3. The molecule has 1 N–H and O–H groups in total. The van der Waals surface area contributed by atoms with E-state index < -0.39 is 15.9 Å². The van der Waals surface area contributed by atoms with Crippen LogP contribution in [-0.2, 0) is 9.84 Å². The molecule has 0 aliphatic heterocycles. The molecule has 0 heterocycles. The highest BCUT2D eigenvalue weighted by atomic mass is 79.9. The van der Waals surface area contributed by atoms with Crippen LogP contribution in [0.4, 0.5) is 0 Å². The van der Waals surface area contributed by atoms with Crippen molar-refractivity contribution in [2.75, 3.05) is 12.0 Å². The average Bonchev–Trinajstić information content (AvgIpc) is 2.19. The highest BCUT2D eigenvalue weighted by Crippen LogP contribution is 2.29. The molecule has 1 aromatic carbocycles. The van der Waals surface area contributed by atoms with Gasteiger partial charge < -0.3 is 5.11 Å². The van der Waals surface area contributed by atoms with Crippen molar-refractivity contribution < 1.29 is 13.5 Å². The molecule has 0 amide bonds. The van der Waals surface area contributed by atoms with Gasteiger partial charge in [0.2, 0.25) is 0 Å². The Balaban J connectivity index is 2.64. The van der Waals surface area contributed by atoms with Crippen LogP contribution in [0.15, 0.2) is 27.1 Å². The number of aliphatic hydroxyl groups is 1. The normalized spacial score (nSPS) is 13.6. The van der Waals surface area contributed by atoms with Crippen molar-refractivity contribution in [1.82, 2.24) is 0 Å². The Kier molecular flexibility index (Phi) is 5.63. The third-order valence-corrected chi connectivity index (χ3v) is 4.56. The van der Waals surface area contributed by atoms with Crippen molar-refractivity contribution in [1.29, 1.82) is 0 Å². The minimum atomic E-state index is -2.95. The molecule has 0 aromatic heterocycles. The Morgan fingerprint density at radius 3 is 2.59 bits per heavy atom. The fraction of sp³-hybridized carbons (Fsp3) is 0.455. The maximum Gasteiger partial charge on any atom is 0.147 e. The molecule has 0 saturated heterocycles. The van der Waals surface area contributed by atoms with Gasteiger partial charge in [-0.2, -0.15) is 0 Å². The van der Waals surface area contributed by atoms with Gasteiger partial charge in [-0.15, -0.1) is 0 Å². The summed E-state index contributed by atoms with van der Waals surface area (Å²) >= 11 is 6.70. The SMILES string of the molecule is CS(=O)(=O)CCCC(O)c1cc(Br)ccc1Br. The van der Waals surface area contributed by atoms with Crippen LogP contribution >= 0.6 is 31.9 Å². The van der Waals surface area contributed by atoms with Crippen LogP contribution in [-0.4, -0.2) is 25.5 Å². The Hall–Kier alpha value is 0.0900. The third kappa shape index (κ3) is 5.50. The first-order valence-electron chi connectivity index (χ1n) is 5.10. The van der Waals surface area contributed by atoms with E-state index in [0.29, 0.717) is 12.8 Å². The molecule has 0 aliphatic rings. The van der Waals surface area contributed by atoms with Gasteiger partial charge in [-0.25, -0.2) is 8.42 Å². The lowest BCUT2D eigenvalue weighted by Gasteiger charge is -2.13. The molecule has 1 atom stereocenters. The van der Waals surface area contributed by atoms with E-state index in [9.17, 15) is 13.5 Å². The summed E-state index contributed by atoms with van der Waals surface area (Å²) in [7, 11) is -2.95. The predicted molar refractivity (Wildman–Crippen MR) is 75.7 cm³/mol. The summed E-state index contributed by atoms with van der Waals surface area (Å²) in [6, 6.07) is 5.55. The molecule has 96 valence electrons. The van der Waals surface area contributed by atoms with Crippen LogP contribution in [0, 0.1) is 0 Å². The van der Waals surface area contributed by atoms with Crippen molar-refractivity contribution in [2.24, 2.45) is 0 Å². The summed E-state index contributed by atoms with van der Waals surface area (Å²) in [6.45, 7) is 0. The van der Waals surface area contributed by atoms with E-state index in [1.807, 2.05) is 18.2 Å². The van der Waals surface area contributed by atoms with Crippen molar-refractivity contribution in [2.45, 2.75) is 18.9 Å². The van der Waals surface area contributed by atoms with Crippen LogP contribution in [0.25, 0.3) is 0 Å². The first-order chi connectivity index (χ1) is 7.79. The van der Waals surface area contributed by atoms with Crippen LogP contribution in [0.5, 0.6) is 0 Å². The van der Waals surface area contributed by atoms with Gasteiger partial charge in [-0.3, -0.25) is 0 Å². The van der Waals surface area contributed by atoms with Crippen molar-refractivity contribution in [3.05, 3.63) is 32.7 Å². The largest absolute Gasteiger partial charge is 0.388 e. The first kappa shape index (κ1) is 15.1. The summed E-state index contributed by atoms with van der Waals surface area (Å²) in [5.41, 5.74) is 0.771. The molecule has 3 nitrogen and oxygen atoms in total. The number of benzene rings is 1. The molecule has 0 saturated carbocycles. The molecule has 0 spiro atoms. The second-order valence-electron chi connectivity index (χ2n) is 3.95. The van der Waals surface area contributed by atoms with Crippen molar-refractivity contribution >= 4 is 41.7 Å². The highest BCUT2D eigenvalue weighted by Gasteiger charge is 2.13. The lowest BCUT2D eigenvalue weighted by molar-refractivity contribution is 0.166. The van der Waals surface area contributed by atoms with Crippen molar-refractivity contribution in [3.8, 4) is 0 Å². The number of hydrogen-bond donors (Lipinski definition) is 1. The van der Waals surface area contributed by atoms with Crippen LogP contribution < -0.4 is 0 Å². The highest BCUT2D eigenvalue weighted by molar-refractivity contribution is 9.11. The quantitative estimate of drug-likeness (QED) is 0.847. The van der Waals surface area contributed by atoms with E-state index in [2.05, 4.69) is 31.9 Å². The van der Waals surface area contributed by atoms with Gasteiger partial charge in [0.1, 0.15) is 9.84 Å². The molecule has 6 heteroatoms. The Morgan fingerprint density at radius 1 is 1.35 bits per heavy atom. The Morgan fingerprint density at radius 2 is 2.00 bits per heavy atom. The minimum absolute atomic E-state index is 0.107. The van der Waals surface area contributed by atoms with Gasteiger partial charge in [0.25, 0.3) is 0 Å². The monoisotopic (exact) mass is 384 g/mol. The van der Waals surface area contributed by atoms with Gasteiger partial charge in [0, 0.05) is 21.0 Å². The number of sulfone groups is 1. The smallest absolute Gasteiger partial charge is 0.147 e. The minimum Gasteiger partial charge on any atom is -0.388 e. The summed E-state index contributed by atoms with van der Waals surface area (Å²) in [5.74, 6) is 0.107. The Labute approximate surface area is 118 Å². The van der Waals surface area contributed by atoms with Crippen molar-refractivity contribution in [3.63, 3.8) is 0 Å². The third-order valence-electron chi connectivity index (χ3n) is 2.31. The average molecular weight is 386 g/mol. The van der Waals surface area contributed by atoms with Gasteiger partial charge in [-0.1, -0.05) is 31.9 Å². The second kappa shape index (κ2) is 6.31. The van der Waals surface area contributed by atoms with Gasteiger partial charge in [0.15, 0.2) is 0 Å². The summed E-state index contributed by atoms with van der Waals surface area (Å²) in [6.07, 6.45) is 1.44. The van der Waals surface area contributed by atoms with E-state index in [1.54, 1.807) is 0 Å². The first-order valence-corrected chi connectivity index (χ1v) is 8.75. The molecule has 0 radical (unpaired) electrons. The summed E-state index contributed by atoms with van der Waals surface area (Å²) < 4.78 is 23.7. The fourth-order valence-electron chi connectivity index (χ4n) is 1.46. The van der Waals surface area contributed by atoms with Gasteiger partial charge in [-0.05, 0) is 36.6 Å². The maximum absolute atomic E-state index is 11.0. The molecular formula is C11H14Br2O3S. The lowest BCUT2D eigenvalue weighted by Crippen LogP contribution is -2.06. The van der Waals surface area contributed by atoms with E-state index in [1.165, 1.54) is 6.26 Å². The Bertz CT molecular complexity index is 485. The molecule has 0 bridgehead atoms. The predicted octanol–water partition coefficient (Wildman–Crippen LogP) is 3.07. The number of aliphatic hydroxyl groups excluding tert-OH is 1. The summed E-state index contributed by atoms with van der Waals surface area (Å²) in [5, 5.41) is 9.98. The zero-order valence-electron chi connectivity index (χ0n) is 9.36. The van der Waals surface area contributed by atoms with E-state index in [-0.39, 0.29) is 5.75 Å². The molecule has 1 aromatic rings. The lowest BCUT2D eigenvalue weighted by atomic mass is 10.1. The number of hydrogen-bond acceptors (Lipinski definition) is 3. The van der Waals surface area contributed by atoms with Crippen LogP contribution in [0.1, 0.15) is 24.5 Å². The molecular weight excluding hydrogens is 372 g/mol. The maximum atomic E-state index is 11.0. The summed E-state index contributed by atoms with van der Waals surface area (Å²) in [4.78, 5) is 0. The van der Waals surface area contributed by atoms with E-state index in [4.69, 9.17) is 0 Å². The molecule has 1 unspecified atom stereocenters. The van der Waals surface area contributed by atoms with Crippen LogP contribution in [0.3, 0.4) is 0 Å². The molecule has 17 heavy (non-hydrogen) atoms. The number of halogens is 2. The van der Waals surface area contributed by atoms with Gasteiger partial charge in [0.05, 0.1) is 6.10 Å². The number of rotatable bonds is 5. The van der Waals surface area contributed by atoms with Gasteiger partial charge >= 0.3 is 0 Å².